The van der Waals surface area contributed by atoms with E-state index in [4.69, 9.17) is 0 Å². The first-order valence-corrected chi connectivity index (χ1v) is 6.92. The molecule has 0 fully saturated rings. The van der Waals surface area contributed by atoms with Crippen LogP contribution in [0.2, 0.25) is 0 Å². The molecule has 0 aliphatic carbocycles. The van der Waals surface area contributed by atoms with Gasteiger partial charge in [-0.15, -0.1) is 7.92 Å². The van der Waals surface area contributed by atoms with Crippen LogP contribution >= 0.6 is 7.92 Å². The normalized spacial score (nSPS) is 16.9. The second kappa shape index (κ2) is 6.00. The Morgan fingerprint density at radius 1 is 1.18 bits per heavy atom. The fourth-order valence-electron chi connectivity index (χ4n) is 1.18. The van der Waals surface area contributed by atoms with Crippen LogP contribution in [0.1, 0.15) is 34.1 Å². The number of hydrogen-bond acceptors (Lipinski definition) is 0. The lowest BCUT2D eigenvalue weighted by molar-refractivity contribution is 0.462. The summed E-state index contributed by atoms with van der Waals surface area (Å²) < 4.78 is 0. The lowest BCUT2D eigenvalue weighted by Gasteiger charge is -2.20. The summed E-state index contributed by atoms with van der Waals surface area (Å²) in [4.78, 5) is 0. The number of rotatable bonds is 5. The molecule has 0 aliphatic heterocycles. The lowest BCUT2D eigenvalue weighted by Crippen LogP contribution is -2.08. The standard InChI is InChI=1S/C10H23P/c1-6-7-11(5)8-10(4)9(2)3/h9-10H,6-8H2,1-5H3. The van der Waals surface area contributed by atoms with Gasteiger partial charge in [0.05, 0.1) is 0 Å². The molecule has 0 heterocycles. The Hall–Kier alpha value is 0.430. The molecular formula is C10H23P. The minimum Gasteiger partial charge on any atom is -0.110 e. The van der Waals surface area contributed by atoms with E-state index in [1.54, 1.807) is 0 Å². The smallest absolute Gasteiger partial charge is 0.0300 e. The van der Waals surface area contributed by atoms with E-state index >= 15 is 0 Å². The molecule has 1 heteroatoms. The predicted molar refractivity (Wildman–Crippen MR) is 56.9 cm³/mol. The van der Waals surface area contributed by atoms with E-state index in [0.717, 1.165) is 11.8 Å². The van der Waals surface area contributed by atoms with Crippen LogP contribution in [0.5, 0.6) is 0 Å². The topological polar surface area (TPSA) is 0 Å². The maximum atomic E-state index is 2.44. The van der Waals surface area contributed by atoms with Crippen LogP contribution in [0.4, 0.5) is 0 Å². The molecule has 0 nitrogen and oxygen atoms in total. The Morgan fingerprint density at radius 3 is 2.09 bits per heavy atom. The average molecular weight is 174 g/mol. The average Bonchev–Trinajstić information content (AvgIpc) is 1.87. The van der Waals surface area contributed by atoms with Crippen molar-refractivity contribution >= 4 is 7.92 Å². The summed E-state index contributed by atoms with van der Waals surface area (Å²) in [5.41, 5.74) is 0. The lowest BCUT2D eigenvalue weighted by atomic mass is 10.0. The van der Waals surface area contributed by atoms with Gasteiger partial charge in [0.2, 0.25) is 0 Å². The van der Waals surface area contributed by atoms with Crippen LogP contribution in [0, 0.1) is 11.8 Å². The minimum absolute atomic E-state index is 0.347. The Morgan fingerprint density at radius 2 is 1.73 bits per heavy atom. The largest absolute Gasteiger partial charge is 0.110 e. The number of hydrogen-bond donors (Lipinski definition) is 0. The van der Waals surface area contributed by atoms with Crippen LogP contribution in [0.15, 0.2) is 0 Å². The second-order valence-electron chi connectivity index (χ2n) is 3.98. The molecule has 0 aromatic carbocycles. The Bertz CT molecular complexity index is 88.9. The van der Waals surface area contributed by atoms with Gasteiger partial charge < -0.3 is 0 Å². The van der Waals surface area contributed by atoms with Crippen LogP contribution in [-0.2, 0) is 0 Å². The summed E-state index contributed by atoms with van der Waals surface area (Å²) in [6, 6.07) is 0. The van der Waals surface area contributed by atoms with E-state index in [0.29, 0.717) is 7.92 Å². The molecule has 2 atom stereocenters. The fourth-order valence-corrected chi connectivity index (χ4v) is 3.53. The predicted octanol–water partition coefficient (Wildman–Crippen LogP) is 3.80. The molecule has 0 amide bonds. The van der Waals surface area contributed by atoms with E-state index in [9.17, 15) is 0 Å². The molecule has 0 spiro atoms. The third kappa shape index (κ3) is 5.67. The first-order chi connectivity index (χ1) is 5.07. The van der Waals surface area contributed by atoms with Crippen molar-refractivity contribution in [3.63, 3.8) is 0 Å². The highest BCUT2D eigenvalue weighted by Gasteiger charge is 2.10. The van der Waals surface area contributed by atoms with E-state index in [1.807, 2.05) is 0 Å². The third-order valence-electron chi connectivity index (χ3n) is 2.34. The maximum absolute atomic E-state index is 2.44. The van der Waals surface area contributed by atoms with Crippen molar-refractivity contribution in [2.75, 3.05) is 19.0 Å². The molecule has 0 aromatic heterocycles. The molecule has 0 rings (SSSR count). The first-order valence-electron chi connectivity index (χ1n) is 4.76. The zero-order valence-corrected chi connectivity index (χ0v) is 9.62. The van der Waals surface area contributed by atoms with Crippen molar-refractivity contribution in [3.8, 4) is 0 Å². The maximum Gasteiger partial charge on any atom is -0.0300 e. The van der Waals surface area contributed by atoms with Gasteiger partial charge in [0, 0.05) is 0 Å². The monoisotopic (exact) mass is 174 g/mol. The van der Waals surface area contributed by atoms with Crippen LogP contribution in [0.3, 0.4) is 0 Å². The zero-order chi connectivity index (χ0) is 8.85. The van der Waals surface area contributed by atoms with Crippen LogP contribution in [-0.4, -0.2) is 19.0 Å². The van der Waals surface area contributed by atoms with E-state index in [2.05, 4.69) is 34.4 Å². The van der Waals surface area contributed by atoms with Crippen molar-refractivity contribution < 1.29 is 0 Å². The SMILES string of the molecule is CCCP(C)CC(C)C(C)C. The first kappa shape index (κ1) is 11.4. The van der Waals surface area contributed by atoms with Crippen molar-refractivity contribution in [1.29, 1.82) is 0 Å². The van der Waals surface area contributed by atoms with Crippen molar-refractivity contribution in [1.82, 2.24) is 0 Å². The fraction of sp³-hybridized carbons (Fsp3) is 1.00. The van der Waals surface area contributed by atoms with Gasteiger partial charge in [-0.2, -0.15) is 0 Å². The van der Waals surface area contributed by atoms with E-state index < -0.39 is 0 Å². The van der Waals surface area contributed by atoms with Crippen molar-refractivity contribution in [2.24, 2.45) is 11.8 Å². The summed E-state index contributed by atoms with van der Waals surface area (Å²) in [5, 5.41) is 0. The minimum atomic E-state index is 0.347. The summed E-state index contributed by atoms with van der Waals surface area (Å²) in [7, 11) is 0.347. The van der Waals surface area contributed by atoms with Gasteiger partial charge in [-0.1, -0.05) is 34.1 Å². The molecule has 0 saturated heterocycles. The van der Waals surface area contributed by atoms with Crippen molar-refractivity contribution in [2.45, 2.75) is 34.1 Å². The van der Waals surface area contributed by atoms with Gasteiger partial charge in [-0.25, -0.2) is 0 Å². The van der Waals surface area contributed by atoms with Gasteiger partial charge in [0.25, 0.3) is 0 Å². The molecule has 0 radical (unpaired) electrons. The molecule has 0 bridgehead atoms. The Kier molecular flexibility index (Phi) is 6.24. The molecule has 2 unspecified atom stereocenters. The van der Waals surface area contributed by atoms with Gasteiger partial charge in [0.1, 0.15) is 0 Å². The molecular weight excluding hydrogens is 151 g/mol. The van der Waals surface area contributed by atoms with Gasteiger partial charge in [-0.3, -0.25) is 0 Å². The molecule has 0 N–H and O–H groups in total. The zero-order valence-electron chi connectivity index (χ0n) is 8.72. The highest BCUT2D eigenvalue weighted by molar-refractivity contribution is 7.56. The van der Waals surface area contributed by atoms with Gasteiger partial charge in [0.15, 0.2) is 0 Å². The molecule has 0 aromatic rings. The molecule has 11 heavy (non-hydrogen) atoms. The Labute approximate surface area is 73.5 Å². The van der Waals surface area contributed by atoms with Gasteiger partial charge >= 0.3 is 0 Å². The van der Waals surface area contributed by atoms with Crippen molar-refractivity contribution in [3.05, 3.63) is 0 Å². The summed E-state index contributed by atoms with van der Waals surface area (Å²) in [5.74, 6) is 1.80. The van der Waals surface area contributed by atoms with Gasteiger partial charge in [-0.05, 0) is 30.8 Å². The highest BCUT2D eigenvalue weighted by Crippen LogP contribution is 2.35. The van der Waals surface area contributed by atoms with E-state index in [1.165, 1.54) is 18.7 Å². The summed E-state index contributed by atoms with van der Waals surface area (Å²) in [6.45, 7) is 11.8. The second-order valence-corrected chi connectivity index (χ2v) is 6.51. The third-order valence-corrected chi connectivity index (χ3v) is 4.75. The highest BCUT2D eigenvalue weighted by atomic mass is 31.1. The quantitative estimate of drug-likeness (QED) is 0.556. The summed E-state index contributed by atoms with van der Waals surface area (Å²) in [6.07, 6.45) is 4.31. The van der Waals surface area contributed by atoms with Crippen LogP contribution < -0.4 is 0 Å². The molecule has 0 aliphatic rings. The van der Waals surface area contributed by atoms with E-state index in [-0.39, 0.29) is 0 Å². The Balaban J connectivity index is 3.48. The molecule has 68 valence electrons. The molecule has 0 saturated carbocycles. The van der Waals surface area contributed by atoms with Crippen LogP contribution in [0.25, 0.3) is 0 Å². The summed E-state index contributed by atoms with van der Waals surface area (Å²) >= 11 is 0.